The average molecular weight is 250 g/mol. The van der Waals surface area contributed by atoms with Crippen molar-refractivity contribution in [2.45, 2.75) is 40.0 Å². The van der Waals surface area contributed by atoms with Crippen molar-refractivity contribution in [1.82, 2.24) is 0 Å². The van der Waals surface area contributed by atoms with E-state index >= 15 is 0 Å². The number of ether oxygens (including phenoxy) is 1. The summed E-state index contributed by atoms with van der Waals surface area (Å²) in [6.45, 7) is 9.46. The minimum atomic E-state index is 0.0604. The molecule has 0 spiro atoms. The molecule has 1 aromatic rings. The predicted octanol–water partition coefficient (Wildman–Crippen LogP) is 3.84. The van der Waals surface area contributed by atoms with Crippen LogP contribution in [0.1, 0.15) is 45.6 Å². The summed E-state index contributed by atoms with van der Waals surface area (Å²) in [5.41, 5.74) is 1.27. The van der Waals surface area contributed by atoms with E-state index in [0.717, 1.165) is 12.2 Å². The second-order valence-corrected chi connectivity index (χ2v) is 5.59. The van der Waals surface area contributed by atoms with Gasteiger partial charge in [0.25, 0.3) is 0 Å². The van der Waals surface area contributed by atoms with E-state index in [1.165, 1.54) is 5.56 Å². The lowest BCUT2D eigenvalue weighted by Crippen LogP contribution is -2.12. The van der Waals surface area contributed by atoms with E-state index < -0.39 is 0 Å². The fourth-order valence-corrected chi connectivity index (χ4v) is 2.34. The molecule has 0 amide bonds. The van der Waals surface area contributed by atoms with E-state index in [9.17, 15) is 0 Å². The number of aliphatic hydroxyl groups excluding tert-OH is 1. The van der Waals surface area contributed by atoms with Gasteiger partial charge in [0, 0.05) is 0 Å². The van der Waals surface area contributed by atoms with E-state index in [4.69, 9.17) is 9.84 Å². The van der Waals surface area contributed by atoms with E-state index in [1.807, 2.05) is 12.1 Å². The molecular weight excluding hydrogens is 224 g/mol. The second kappa shape index (κ2) is 7.42. The third-order valence-corrected chi connectivity index (χ3v) is 3.20. The van der Waals surface area contributed by atoms with Crippen molar-refractivity contribution in [3.63, 3.8) is 0 Å². The second-order valence-electron chi connectivity index (χ2n) is 5.59. The van der Waals surface area contributed by atoms with Gasteiger partial charge in [0.05, 0.1) is 6.61 Å². The normalized spacial score (nSPS) is 13.1. The molecule has 1 atom stereocenters. The van der Waals surface area contributed by atoms with Crippen molar-refractivity contribution in [2.75, 3.05) is 13.2 Å². The van der Waals surface area contributed by atoms with Gasteiger partial charge in [-0.3, -0.25) is 0 Å². The molecule has 0 saturated carbocycles. The zero-order valence-electron chi connectivity index (χ0n) is 12.0. The predicted molar refractivity (Wildman–Crippen MR) is 76.1 cm³/mol. The molecule has 1 aromatic carbocycles. The van der Waals surface area contributed by atoms with Gasteiger partial charge in [-0.05, 0) is 35.8 Å². The summed E-state index contributed by atoms with van der Waals surface area (Å²) in [5.74, 6) is 2.69. The van der Waals surface area contributed by atoms with Crippen molar-refractivity contribution >= 4 is 0 Å². The average Bonchev–Trinajstić information content (AvgIpc) is 2.33. The van der Waals surface area contributed by atoms with Crippen molar-refractivity contribution in [3.05, 3.63) is 29.8 Å². The van der Waals surface area contributed by atoms with Gasteiger partial charge >= 0.3 is 0 Å². The number of para-hydroxylation sites is 1. The Labute approximate surface area is 111 Å². The van der Waals surface area contributed by atoms with Crippen molar-refractivity contribution < 1.29 is 9.84 Å². The number of hydrogen-bond donors (Lipinski definition) is 1. The monoisotopic (exact) mass is 250 g/mol. The van der Waals surface area contributed by atoms with Gasteiger partial charge in [-0.25, -0.2) is 0 Å². The number of aliphatic hydroxyl groups is 1. The van der Waals surface area contributed by atoms with Gasteiger partial charge in [0.2, 0.25) is 0 Å². The first-order valence-electron chi connectivity index (χ1n) is 6.88. The molecule has 0 aliphatic heterocycles. The highest BCUT2D eigenvalue weighted by Crippen LogP contribution is 2.36. The molecule has 0 aliphatic carbocycles. The van der Waals surface area contributed by atoms with E-state index in [0.29, 0.717) is 24.4 Å². The lowest BCUT2D eigenvalue weighted by Gasteiger charge is -2.25. The summed E-state index contributed by atoms with van der Waals surface area (Å²) in [6, 6.07) is 8.21. The van der Waals surface area contributed by atoms with Crippen LogP contribution in [0.4, 0.5) is 0 Å². The van der Waals surface area contributed by atoms with Gasteiger partial charge in [-0.1, -0.05) is 45.9 Å². The molecule has 0 aliphatic rings. The molecule has 0 bridgehead atoms. The smallest absolute Gasteiger partial charge is 0.122 e. The maximum absolute atomic E-state index is 8.89. The van der Waals surface area contributed by atoms with Crippen molar-refractivity contribution in [3.8, 4) is 5.75 Å². The van der Waals surface area contributed by atoms with Crippen LogP contribution in [0.2, 0.25) is 0 Å². The molecule has 0 saturated heterocycles. The van der Waals surface area contributed by atoms with Crippen LogP contribution in [0.5, 0.6) is 5.75 Å². The summed E-state index contributed by atoms with van der Waals surface area (Å²) in [7, 11) is 0. The van der Waals surface area contributed by atoms with Crippen molar-refractivity contribution in [1.29, 1.82) is 0 Å². The summed E-state index contributed by atoms with van der Waals surface area (Å²) < 4.78 is 5.65. The van der Waals surface area contributed by atoms with Crippen LogP contribution in [-0.2, 0) is 0 Å². The summed E-state index contributed by atoms with van der Waals surface area (Å²) in [6.07, 6.45) is 1.16. The van der Waals surface area contributed by atoms with Crippen LogP contribution >= 0.6 is 0 Å². The van der Waals surface area contributed by atoms with Gasteiger partial charge in [-0.2, -0.15) is 0 Å². The number of hydrogen-bond acceptors (Lipinski definition) is 2. The molecule has 2 heteroatoms. The zero-order chi connectivity index (χ0) is 13.5. The minimum absolute atomic E-state index is 0.0604. The number of rotatable bonds is 7. The van der Waals surface area contributed by atoms with Gasteiger partial charge < -0.3 is 9.84 Å². The Morgan fingerprint density at radius 3 is 2.33 bits per heavy atom. The van der Waals surface area contributed by atoms with Crippen LogP contribution in [0.3, 0.4) is 0 Å². The Bertz CT molecular complexity index is 345. The van der Waals surface area contributed by atoms with Crippen LogP contribution in [0, 0.1) is 11.8 Å². The maximum Gasteiger partial charge on any atom is 0.122 e. The fourth-order valence-electron chi connectivity index (χ4n) is 2.34. The molecule has 1 N–H and O–H groups in total. The Morgan fingerprint density at radius 1 is 1.11 bits per heavy atom. The molecule has 1 unspecified atom stereocenters. The van der Waals surface area contributed by atoms with Crippen LogP contribution < -0.4 is 4.74 Å². The topological polar surface area (TPSA) is 29.5 Å². The summed E-state index contributed by atoms with van der Waals surface area (Å²) in [5, 5.41) is 8.89. The largest absolute Gasteiger partial charge is 0.491 e. The highest BCUT2D eigenvalue weighted by Gasteiger charge is 2.20. The van der Waals surface area contributed by atoms with E-state index in [1.54, 1.807) is 0 Å². The van der Waals surface area contributed by atoms with Crippen molar-refractivity contribution in [2.24, 2.45) is 11.8 Å². The minimum Gasteiger partial charge on any atom is -0.491 e. The molecule has 0 heterocycles. The highest BCUT2D eigenvalue weighted by molar-refractivity contribution is 5.36. The Kier molecular flexibility index (Phi) is 6.20. The van der Waals surface area contributed by atoms with Crippen LogP contribution in [0.25, 0.3) is 0 Å². The maximum atomic E-state index is 8.89. The lowest BCUT2D eigenvalue weighted by molar-refractivity contribution is 0.198. The summed E-state index contributed by atoms with van der Waals surface area (Å²) in [4.78, 5) is 0. The molecule has 1 rings (SSSR count). The molecule has 18 heavy (non-hydrogen) atoms. The molecule has 0 radical (unpaired) electrons. The molecule has 0 fully saturated rings. The van der Waals surface area contributed by atoms with E-state index in [-0.39, 0.29) is 6.61 Å². The third-order valence-electron chi connectivity index (χ3n) is 3.20. The SMILES string of the molecule is CC(C)CC(c1ccccc1OCCO)C(C)C. The zero-order valence-corrected chi connectivity index (χ0v) is 12.0. The lowest BCUT2D eigenvalue weighted by atomic mass is 9.82. The quantitative estimate of drug-likeness (QED) is 0.796. The molecular formula is C16H26O2. The first kappa shape index (κ1) is 15.0. The standard InChI is InChI=1S/C16H26O2/c1-12(2)11-15(13(3)4)14-7-5-6-8-16(14)18-10-9-17/h5-8,12-13,15,17H,9-11H2,1-4H3. The number of benzene rings is 1. The summed E-state index contributed by atoms with van der Waals surface area (Å²) >= 11 is 0. The first-order valence-corrected chi connectivity index (χ1v) is 6.88. The third kappa shape index (κ3) is 4.34. The highest BCUT2D eigenvalue weighted by atomic mass is 16.5. The molecule has 0 aromatic heterocycles. The van der Waals surface area contributed by atoms with Gasteiger partial charge in [0.1, 0.15) is 12.4 Å². The van der Waals surface area contributed by atoms with Crippen LogP contribution in [0.15, 0.2) is 24.3 Å². The molecule has 2 nitrogen and oxygen atoms in total. The Hall–Kier alpha value is -1.02. The van der Waals surface area contributed by atoms with E-state index in [2.05, 4.69) is 39.8 Å². The van der Waals surface area contributed by atoms with Crippen LogP contribution in [-0.4, -0.2) is 18.3 Å². The first-order chi connectivity index (χ1) is 8.56. The van der Waals surface area contributed by atoms with Gasteiger partial charge in [-0.15, -0.1) is 0 Å². The Balaban J connectivity index is 2.95. The van der Waals surface area contributed by atoms with Gasteiger partial charge in [0.15, 0.2) is 0 Å². The fraction of sp³-hybridized carbons (Fsp3) is 0.625. The Morgan fingerprint density at radius 2 is 1.78 bits per heavy atom. The molecule has 102 valence electrons.